The van der Waals surface area contributed by atoms with Crippen molar-refractivity contribution in [2.24, 2.45) is 0 Å². The highest BCUT2D eigenvalue weighted by Gasteiger charge is 2.56. The molecule has 4 N–H and O–H groups in total. The zero-order valence-electron chi connectivity index (χ0n) is 19.5. The minimum absolute atomic E-state index is 0.292. The molecule has 9 atom stereocenters. The molecule has 0 aromatic heterocycles. The van der Waals surface area contributed by atoms with Gasteiger partial charge in [-0.2, -0.15) is 0 Å². The number of aliphatic hydroxyl groups excluding tert-OH is 2. The van der Waals surface area contributed by atoms with E-state index in [0.29, 0.717) is 12.8 Å². The lowest BCUT2D eigenvalue weighted by Crippen LogP contribution is -2.50. The lowest BCUT2D eigenvalue weighted by Gasteiger charge is -2.46. The van der Waals surface area contributed by atoms with Crippen molar-refractivity contribution >= 4 is 30.3 Å². The monoisotopic (exact) mass is 470 g/mol. The highest BCUT2D eigenvalue weighted by Crippen LogP contribution is 2.65. The van der Waals surface area contributed by atoms with Crippen molar-refractivity contribution in [2.75, 3.05) is 0 Å². The summed E-state index contributed by atoms with van der Waals surface area (Å²) in [6.45, 7) is 10.7. The zero-order valence-corrected chi connectivity index (χ0v) is 21.3. The fraction of sp³-hybridized carbons (Fsp3) is 1.00. The Bertz CT molecular complexity index is 703. The Kier molecular flexibility index (Phi) is 8.77. The first-order chi connectivity index (χ1) is 13.3. The third-order valence-corrected chi connectivity index (χ3v) is 12.0. The summed E-state index contributed by atoms with van der Waals surface area (Å²) < 4.78 is 43.6. The molecular formula is C17H38B2O9P2. The first-order valence-electron chi connectivity index (χ1n) is 10.3. The lowest BCUT2D eigenvalue weighted by atomic mass is 9.88. The number of rotatable bonds is 10. The second-order valence-electron chi connectivity index (χ2n) is 9.32. The molecule has 5 unspecified atom stereocenters. The number of hydrogen-bond acceptors (Lipinski definition) is 8. The Hall–Kier alpha value is 0.310. The molecule has 1 saturated heterocycles. The van der Waals surface area contributed by atoms with E-state index in [4.69, 9.17) is 13.8 Å². The first-order valence-corrected chi connectivity index (χ1v) is 14.0. The van der Waals surface area contributed by atoms with Crippen LogP contribution in [0.4, 0.5) is 0 Å². The highest BCUT2D eigenvalue weighted by atomic mass is 31.2. The third kappa shape index (κ3) is 5.27. The van der Waals surface area contributed by atoms with Gasteiger partial charge in [0.1, 0.15) is 31.8 Å². The first kappa shape index (κ1) is 28.3. The van der Waals surface area contributed by atoms with E-state index in [9.17, 15) is 29.3 Å². The van der Waals surface area contributed by atoms with Crippen LogP contribution in [0.15, 0.2) is 0 Å². The summed E-state index contributed by atoms with van der Waals surface area (Å²) in [5, 5.41) is 27.3. The van der Waals surface area contributed by atoms with E-state index < -0.39 is 61.4 Å². The van der Waals surface area contributed by atoms with Crippen molar-refractivity contribution in [1.29, 1.82) is 0 Å². The Morgan fingerprint density at radius 3 is 1.93 bits per heavy atom. The van der Waals surface area contributed by atoms with Crippen molar-refractivity contribution in [1.82, 2.24) is 0 Å². The molecule has 1 heterocycles. The van der Waals surface area contributed by atoms with Crippen LogP contribution < -0.4 is 0 Å². The van der Waals surface area contributed by atoms with Crippen molar-refractivity contribution < 1.29 is 43.1 Å². The van der Waals surface area contributed by atoms with Gasteiger partial charge in [0, 0.05) is 0 Å². The predicted octanol–water partition coefficient (Wildman–Crippen LogP) is 0.565. The van der Waals surface area contributed by atoms with Gasteiger partial charge in [0.05, 0.1) is 17.3 Å². The maximum absolute atomic E-state index is 13.9. The van der Waals surface area contributed by atoms with E-state index in [1.807, 2.05) is 0 Å². The summed E-state index contributed by atoms with van der Waals surface area (Å²) in [4.78, 5) is 10.2. The smallest absolute Gasteiger partial charge is 0.359 e. The van der Waals surface area contributed by atoms with Crippen molar-refractivity contribution in [3.8, 4) is 0 Å². The van der Waals surface area contributed by atoms with Gasteiger partial charge in [0.25, 0.3) is 0 Å². The van der Waals surface area contributed by atoms with E-state index in [1.165, 1.54) is 28.3 Å². The van der Waals surface area contributed by atoms with Gasteiger partial charge in [-0.15, -0.1) is 0 Å². The fourth-order valence-corrected chi connectivity index (χ4v) is 7.06. The number of ether oxygens (including phenoxy) is 1. The molecule has 1 aliphatic rings. The molecule has 1 aliphatic heterocycles. The quantitative estimate of drug-likeness (QED) is 0.266. The van der Waals surface area contributed by atoms with Gasteiger partial charge in [-0.25, -0.2) is 0 Å². The molecule has 0 radical (unpaired) electrons. The van der Waals surface area contributed by atoms with E-state index in [2.05, 4.69) is 0 Å². The zero-order chi connectivity index (χ0) is 23.9. The van der Waals surface area contributed by atoms with Crippen LogP contribution in [0.3, 0.4) is 0 Å². The molecular weight excluding hydrogens is 432 g/mol. The average Bonchev–Trinajstić information content (AvgIpc) is 2.86. The Morgan fingerprint density at radius 2 is 1.60 bits per heavy atom. The fourth-order valence-electron chi connectivity index (χ4n) is 3.54. The van der Waals surface area contributed by atoms with Gasteiger partial charge in [-0.05, 0) is 47.5 Å². The van der Waals surface area contributed by atoms with E-state index in [-0.39, 0.29) is 0 Å². The minimum Gasteiger partial charge on any atom is -0.388 e. The van der Waals surface area contributed by atoms with Crippen LogP contribution >= 0.6 is 14.8 Å². The molecule has 0 saturated carbocycles. The molecule has 9 nitrogen and oxygen atoms in total. The normalized spacial score (nSPS) is 34.4. The number of hydrogen-bond donors (Lipinski definition) is 4. The predicted molar refractivity (Wildman–Crippen MR) is 121 cm³/mol. The van der Waals surface area contributed by atoms with Crippen LogP contribution in [-0.4, -0.2) is 82.1 Å². The van der Waals surface area contributed by atoms with Gasteiger partial charge >= 0.3 is 7.60 Å². The summed E-state index contributed by atoms with van der Waals surface area (Å²) in [7, 11) is -4.95. The Balaban J connectivity index is 3.24. The Morgan fingerprint density at radius 1 is 1.10 bits per heavy atom. The highest BCUT2D eigenvalue weighted by molar-refractivity contribution is 7.84. The molecule has 0 bridgehead atoms. The second-order valence-corrected chi connectivity index (χ2v) is 14.6. The van der Waals surface area contributed by atoms with Crippen LogP contribution in [0, 0.1) is 0 Å². The molecule has 0 aromatic carbocycles. The van der Waals surface area contributed by atoms with Crippen LogP contribution in [0.2, 0.25) is 0 Å². The molecule has 0 amide bonds. The lowest BCUT2D eigenvalue weighted by molar-refractivity contribution is -0.0985. The second kappa shape index (κ2) is 9.28. The SMILES string of the molecule is B[C@@H]1O[C@H](C(C)(CC)OP(B)(=O)C(C)(CC)C(C)OP(=O)(O)C(C)(C)O)[C@@H](O)[C@H]1O. The maximum Gasteiger partial charge on any atom is 0.359 e. The topological polar surface area (TPSA) is 143 Å². The summed E-state index contributed by atoms with van der Waals surface area (Å²) in [6, 6.07) is -0.609. The van der Waals surface area contributed by atoms with Crippen LogP contribution in [0.5, 0.6) is 0 Å². The number of aliphatic hydroxyl groups is 3. The van der Waals surface area contributed by atoms with Crippen LogP contribution in [0.25, 0.3) is 0 Å². The average molecular weight is 470 g/mol. The molecule has 176 valence electrons. The van der Waals surface area contributed by atoms with E-state index >= 15 is 0 Å². The van der Waals surface area contributed by atoms with Crippen molar-refractivity contribution in [2.45, 2.75) is 108 Å². The van der Waals surface area contributed by atoms with Gasteiger partial charge in [-0.3, -0.25) is 4.57 Å². The summed E-state index contributed by atoms with van der Waals surface area (Å²) in [5.41, 5.74) is -1.19. The molecule has 0 spiro atoms. The molecule has 30 heavy (non-hydrogen) atoms. The summed E-state index contributed by atoms with van der Waals surface area (Å²) in [5.74, 6) is 0. The van der Waals surface area contributed by atoms with Crippen LogP contribution in [-0.2, 0) is 22.9 Å². The molecule has 0 aliphatic carbocycles. The Labute approximate surface area is 181 Å². The molecule has 13 heteroatoms. The summed E-state index contributed by atoms with van der Waals surface area (Å²) >= 11 is 0. The molecule has 0 aromatic rings. The van der Waals surface area contributed by atoms with Crippen LogP contribution in [0.1, 0.15) is 61.3 Å². The van der Waals surface area contributed by atoms with Gasteiger partial charge in [0.15, 0.2) is 12.6 Å². The maximum atomic E-state index is 13.9. The summed E-state index contributed by atoms with van der Waals surface area (Å²) in [6.07, 6.45) is -3.57. The third-order valence-electron chi connectivity index (χ3n) is 6.70. The van der Waals surface area contributed by atoms with E-state index in [0.717, 1.165) is 0 Å². The van der Waals surface area contributed by atoms with Gasteiger partial charge in [-0.1, -0.05) is 13.8 Å². The molecule has 1 rings (SSSR count). The standard InChI is InChI=1S/C17H38B2O9P2/c1-8-16(6,13-11(20)12(21)14(18)26-13)28-29(19,23)17(7,9-2)10(3)27-30(24,25)15(4,5)22/h10-14,20-22H,8-9,18-19H2,1-7H3,(H,24,25)/t10?,11-,12+,13-,14+,16?,17?,29?/m0/s1. The van der Waals surface area contributed by atoms with Gasteiger partial charge < -0.3 is 38.6 Å². The minimum atomic E-state index is -4.44. The van der Waals surface area contributed by atoms with Gasteiger partial charge in [0.2, 0.25) is 7.57 Å². The van der Waals surface area contributed by atoms with Crippen molar-refractivity contribution in [3.63, 3.8) is 0 Å². The largest absolute Gasteiger partial charge is 0.388 e. The van der Waals surface area contributed by atoms with E-state index in [1.54, 1.807) is 35.5 Å². The van der Waals surface area contributed by atoms with Crippen molar-refractivity contribution in [3.05, 3.63) is 0 Å². The molecule has 1 fully saturated rings.